The monoisotopic (exact) mass is 237 g/mol. The van der Waals surface area contributed by atoms with Gasteiger partial charge in [-0.15, -0.1) is 0 Å². The van der Waals surface area contributed by atoms with E-state index in [0.29, 0.717) is 0 Å². The zero-order valence-corrected chi connectivity index (χ0v) is 11.0. The first-order chi connectivity index (χ1) is 7.88. The van der Waals surface area contributed by atoms with Crippen molar-refractivity contribution in [3.05, 3.63) is 23.8 Å². The van der Waals surface area contributed by atoms with Gasteiger partial charge in [0.2, 0.25) is 0 Å². The third-order valence-electron chi connectivity index (χ3n) is 2.59. The van der Waals surface area contributed by atoms with Crippen molar-refractivity contribution in [2.45, 2.75) is 45.6 Å². The highest BCUT2D eigenvalue weighted by Crippen LogP contribution is 2.25. The summed E-state index contributed by atoms with van der Waals surface area (Å²) < 4.78 is 0. The van der Waals surface area contributed by atoms with Gasteiger partial charge in [-0.05, 0) is 64.3 Å². The van der Waals surface area contributed by atoms with E-state index in [1.54, 1.807) is 6.07 Å². The summed E-state index contributed by atoms with van der Waals surface area (Å²) in [7, 11) is 0. The van der Waals surface area contributed by atoms with Gasteiger partial charge in [-0.25, -0.2) is 0 Å². The highest BCUT2D eigenvalue weighted by molar-refractivity contribution is 5.40. The molecule has 0 aliphatic carbocycles. The number of hydrogen-bond acceptors (Lipinski definition) is 3. The van der Waals surface area contributed by atoms with Crippen LogP contribution in [0.4, 0.5) is 0 Å². The van der Waals surface area contributed by atoms with Gasteiger partial charge in [-0.1, -0.05) is 6.07 Å². The molecule has 3 nitrogen and oxygen atoms in total. The quantitative estimate of drug-likeness (QED) is 0.545. The molecule has 0 amide bonds. The maximum Gasteiger partial charge on any atom is 0.157 e. The maximum absolute atomic E-state index is 9.35. The molecule has 1 aromatic carbocycles. The summed E-state index contributed by atoms with van der Waals surface area (Å²) in [4.78, 5) is 0. The van der Waals surface area contributed by atoms with Gasteiger partial charge in [-0.3, -0.25) is 0 Å². The minimum atomic E-state index is -0.0526. The molecule has 0 unspecified atom stereocenters. The number of aromatic hydroxyl groups is 2. The van der Waals surface area contributed by atoms with Gasteiger partial charge >= 0.3 is 0 Å². The van der Waals surface area contributed by atoms with Crippen LogP contribution in [0.1, 0.15) is 39.2 Å². The molecule has 3 N–H and O–H groups in total. The first-order valence-electron chi connectivity index (χ1n) is 6.14. The van der Waals surface area contributed by atoms with Crippen LogP contribution in [0.15, 0.2) is 18.2 Å². The Hall–Kier alpha value is -1.22. The second-order valence-corrected chi connectivity index (χ2v) is 5.46. The van der Waals surface area contributed by atoms with E-state index in [-0.39, 0.29) is 17.0 Å². The predicted octanol–water partition coefficient (Wildman–Crippen LogP) is 2.81. The average molecular weight is 237 g/mol. The molecule has 0 radical (unpaired) electrons. The van der Waals surface area contributed by atoms with E-state index < -0.39 is 0 Å². The number of benzene rings is 1. The molecule has 0 aliphatic heterocycles. The van der Waals surface area contributed by atoms with Crippen molar-refractivity contribution in [2.75, 3.05) is 6.54 Å². The molecule has 0 saturated carbocycles. The minimum Gasteiger partial charge on any atom is -0.504 e. The van der Waals surface area contributed by atoms with E-state index in [9.17, 15) is 10.2 Å². The molecule has 0 spiro atoms. The largest absolute Gasteiger partial charge is 0.504 e. The highest BCUT2D eigenvalue weighted by atomic mass is 16.3. The van der Waals surface area contributed by atoms with Gasteiger partial charge < -0.3 is 15.5 Å². The smallest absolute Gasteiger partial charge is 0.157 e. The van der Waals surface area contributed by atoms with Gasteiger partial charge in [0.05, 0.1) is 0 Å². The fourth-order valence-electron chi connectivity index (χ4n) is 1.64. The summed E-state index contributed by atoms with van der Waals surface area (Å²) in [5.41, 5.74) is 1.24. The molecule has 1 aromatic rings. The molecular formula is C14H23NO2. The molecule has 1 rings (SSSR count). The van der Waals surface area contributed by atoms with Crippen LogP contribution in [-0.2, 0) is 6.42 Å². The van der Waals surface area contributed by atoms with Crippen molar-refractivity contribution in [3.63, 3.8) is 0 Å². The number of hydrogen-bond donors (Lipinski definition) is 3. The standard InChI is InChI=1S/C14H23NO2/c1-14(2,3)15-9-5-4-6-11-7-8-12(16)13(17)10-11/h7-8,10,15-17H,4-6,9H2,1-3H3. The van der Waals surface area contributed by atoms with Crippen LogP contribution in [0.25, 0.3) is 0 Å². The SMILES string of the molecule is CC(C)(C)NCCCCc1ccc(O)c(O)c1. The van der Waals surface area contributed by atoms with Crippen molar-refractivity contribution >= 4 is 0 Å². The molecule has 0 saturated heterocycles. The first-order valence-corrected chi connectivity index (χ1v) is 6.14. The summed E-state index contributed by atoms with van der Waals surface area (Å²) >= 11 is 0. The summed E-state index contributed by atoms with van der Waals surface area (Å²) in [5.74, 6) is -0.0848. The molecular weight excluding hydrogens is 214 g/mol. The van der Waals surface area contributed by atoms with Gasteiger partial charge in [0.15, 0.2) is 11.5 Å². The lowest BCUT2D eigenvalue weighted by Gasteiger charge is -2.20. The lowest BCUT2D eigenvalue weighted by molar-refractivity contribution is 0.402. The lowest BCUT2D eigenvalue weighted by atomic mass is 10.1. The van der Waals surface area contributed by atoms with Gasteiger partial charge in [0, 0.05) is 5.54 Å². The Morgan fingerprint density at radius 3 is 2.35 bits per heavy atom. The second kappa shape index (κ2) is 5.92. The molecule has 17 heavy (non-hydrogen) atoms. The van der Waals surface area contributed by atoms with Gasteiger partial charge in [0.1, 0.15) is 0 Å². The van der Waals surface area contributed by atoms with E-state index in [2.05, 4.69) is 26.1 Å². The van der Waals surface area contributed by atoms with Crippen molar-refractivity contribution in [3.8, 4) is 11.5 Å². The highest BCUT2D eigenvalue weighted by Gasteiger charge is 2.07. The molecule has 3 heteroatoms. The molecule has 0 bridgehead atoms. The minimum absolute atomic E-state index is 0.0321. The Morgan fingerprint density at radius 2 is 1.76 bits per heavy atom. The molecule has 0 heterocycles. The summed E-state index contributed by atoms with van der Waals surface area (Å²) in [6.45, 7) is 7.48. The van der Waals surface area contributed by atoms with E-state index in [1.807, 2.05) is 6.07 Å². The zero-order chi connectivity index (χ0) is 12.9. The first kappa shape index (κ1) is 13.8. The van der Waals surface area contributed by atoms with Crippen LogP contribution in [0, 0.1) is 0 Å². The summed E-state index contributed by atoms with van der Waals surface area (Å²) in [6, 6.07) is 5.02. The Bertz CT molecular complexity index is 356. The Balaban J connectivity index is 2.25. The second-order valence-electron chi connectivity index (χ2n) is 5.46. The van der Waals surface area contributed by atoms with Gasteiger partial charge in [0.25, 0.3) is 0 Å². The molecule has 96 valence electrons. The number of phenolic OH excluding ortho intramolecular Hbond substituents is 2. The molecule has 0 aliphatic rings. The average Bonchev–Trinajstić information content (AvgIpc) is 2.21. The van der Waals surface area contributed by atoms with Crippen LogP contribution in [0.5, 0.6) is 11.5 Å². The van der Waals surface area contributed by atoms with Crippen molar-refractivity contribution < 1.29 is 10.2 Å². The normalized spacial score (nSPS) is 11.7. The van der Waals surface area contributed by atoms with Gasteiger partial charge in [-0.2, -0.15) is 0 Å². The number of rotatable bonds is 5. The topological polar surface area (TPSA) is 52.5 Å². The van der Waals surface area contributed by atoms with E-state index in [0.717, 1.165) is 31.4 Å². The zero-order valence-electron chi connectivity index (χ0n) is 11.0. The van der Waals surface area contributed by atoms with E-state index in [4.69, 9.17) is 0 Å². The number of nitrogens with one attached hydrogen (secondary N) is 1. The Kier molecular flexibility index (Phi) is 4.82. The fourth-order valence-corrected chi connectivity index (χ4v) is 1.64. The number of phenols is 2. The van der Waals surface area contributed by atoms with Crippen LogP contribution < -0.4 is 5.32 Å². The predicted molar refractivity (Wildman–Crippen MR) is 70.5 cm³/mol. The molecule has 0 aromatic heterocycles. The van der Waals surface area contributed by atoms with Crippen LogP contribution >= 0.6 is 0 Å². The van der Waals surface area contributed by atoms with E-state index in [1.165, 1.54) is 6.07 Å². The summed E-state index contributed by atoms with van der Waals surface area (Å²) in [6.07, 6.45) is 3.12. The van der Waals surface area contributed by atoms with Crippen LogP contribution in [0.3, 0.4) is 0 Å². The Labute approximate surface area is 103 Å². The number of unbranched alkanes of at least 4 members (excludes halogenated alkanes) is 1. The summed E-state index contributed by atoms with van der Waals surface area (Å²) in [5, 5.41) is 22.0. The fraction of sp³-hybridized carbons (Fsp3) is 0.571. The van der Waals surface area contributed by atoms with E-state index >= 15 is 0 Å². The number of aryl methyl sites for hydroxylation is 1. The van der Waals surface area contributed by atoms with Crippen molar-refractivity contribution in [1.29, 1.82) is 0 Å². The Morgan fingerprint density at radius 1 is 1.06 bits per heavy atom. The third kappa shape index (κ3) is 5.59. The maximum atomic E-state index is 9.35. The van der Waals surface area contributed by atoms with Crippen molar-refractivity contribution in [1.82, 2.24) is 5.32 Å². The molecule has 0 fully saturated rings. The van der Waals surface area contributed by atoms with Crippen molar-refractivity contribution in [2.24, 2.45) is 0 Å². The molecule has 0 atom stereocenters. The third-order valence-corrected chi connectivity index (χ3v) is 2.59. The van der Waals surface area contributed by atoms with Crippen LogP contribution in [-0.4, -0.2) is 22.3 Å². The lowest BCUT2D eigenvalue weighted by Crippen LogP contribution is -2.36. The van der Waals surface area contributed by atoms with Crippen LogP contribution in [0.2, 0.25) is 0 Å².